The molecule has 0 saturated carbocycles. The summed E-state index contributed by atoms with van der Waals surface area (Å²) < 4.78 is 6.49. The summed E-state index contributed by atoms with van der Waals surface area (Å²) in [6, 6.07) is 8.64. The van der Waals surface area contributed by atoms with E-state index in [1.165, 1.54) is 3.57 Å². The van der Waals surface area contributed by atoms with E-state index < -0.39 is 0 Å². The van der Waals surface area contributed by atoms with Crippen molar-refractivity contribution >= 4 is 28.3 Å². The molecule has 1 N–H and O–H groups in total. The van der Waals surface area contributed by atoms with E-state index in [-0.39, 0.29) is 6.10 Å². The molecule has 0 aromatic heterocycles. The third-order valence-electron chi connectivity index (χ3n) is 2.29. The highest BCUT2D eigenvalue weighted by Crippen LogP contribution is 2.14. The van der Waals surface area contributed by atoms with Crippen LogP contribution in [0.4, 0.5) is 5.69 Å². The third kappa shape index (κ3) is 3.46. The highest BCUT2D eigenvalue weighted by atomic mass is 127. The van der Waals surface area contributed by atoms with E-state index in [1.807, 2.05) is 6.07 Å². The van der Waals surface area contributed by atoms with Gasteiger partial charge in [-0.1, -0.05) is 6.07 Å². The van der Waals surface area contributed by atoms with Gasteiger partial charge in [-0.3, -0.25) is 0 Å². The first-order valence-electron chi connectivity index (χ1n) is 4.68. The van der Waals surface area contributed by atoms with E-state index in [4.69, 9.17) is 4.74 Å². The molecule has 3 heteroatoms. The molecule has 0 radical (unpaired) electrons. The number of anilines is 1. The molecule has 0 bridgehead atoms. The minimum atomic E-state index is 0.216. The molecule has 1 aromatic carbocycles. The van der Waals surface area contributed by atoms with E-state index in [9.17, 15) is 0 Å². The van der Waals surface area contributed by atoms with Gasteiger partial charge in [0, 0.05) is 22.4 Å². The summed E-state index contributed by atoms with van der Waals surface area (Å²) in [6.07, 6.45) is 0.216. The molecule has 1 aromatic rings. The van der Waals surface area contributed by atoms with Gasteiger partial charge in [-0.05, 0) is 54.6 Å². The van der Waals surface area contributed by atoms with Crippen LogP contribution in [0, 0.1) is 3.57 Å². The molecule has 0 spiro atoms. The average molecular weight is 305 g/mol. The van der Waals surface area contributed by atoms with Crippen LogP contribution in [0.15, 0.2) is 24.3 Å². The van der Waals surface area contributed by atoms with Crippen LogP contribution >= 0.6 is 22.6 Å². The molecule has 14 heavy (non-hydrogen) atoms. The largest absolute Gasteiger partial charge is 0.380 e. The summed E-state index contributed by atoms with van der Waals surface area (Å²) >= 11 is 2.31. The minimum absolute atomic E-state index is 0.216. The number of benzene rings is 1. The smallest absolute Gasteiger partial charge is 0.0741 e. The Bertz CT molecular complexity index is 290. The number of hydrogen-bond acceptors (Lipinski definition) is 2. The molecule has 78 valence electrons. The Morgan fingerprint density at radius 3 is 2.64 bits per heavy atom. The molecule has 2 nitrogen and oxygen atoms in total. The second kappa shape index (κ2) is 5.56. The standard InChI is InChI=1S/C11H16INO/c1-8(9(2)14-3)13-11-6-4-5-10(12)7-11/h4-9,13H,1-3H3. The van der Waals surface area contributed by atoms with Crippen molar-refractivity contribution in [3.8, 4) is 0 Å². The molecule has 0 aliphatic carbocycles. The van der Waals surface area contributed by atoms with Crippen LogP contribution in [0.25, 0.3) is 0 Å². The molecule has 0 amide bonds. The van der Waals surface area contributed by atoms with Crippen LogP contribution in [0.3, 0.4) is 0 Å². The molecule has 0 aliphatic rings. The fraction of sp³-hybridized carbons (Fsp3) is 0.455. The third-order valence-corrected chi connectivity index (χ3v) is 2.97. The van der Waals surface area contributed by atoms with Gasteiger partial charge < -0.3 is 10.1 Å². The van der Waals surface area contributed by atoms with Gasteiger partial charge in [0.15, 0.2) is 0 Å². The summed E-state index contributed by atoms with van der Waals surface area (Å²) in [4.78, 5) is 0. The lowest BCUT2D eigenvalue weighted by atomic mass is 10.2. The zero-order valence-corrected chi connectivity index (χ0v) is 10.9. The number of nitrogens with one attached hydrogen (secondary N) is 1. The lowest BCUT2D eigenvalue weighted by Gasteiger charge is -2.21. The topological polar surface area (TPSA) is 21.3 Å². The highest BCUT2D eigenvalue weighted by Gasteiger charge is 2.10. The number of methoxy groups -OCH3 is 1. The summed E-state index contributed by atoms with van der Waals surface area (Å²) in [5.41, 5.74) is 1.15. The molecule has 2 atom stereocenters. The van der Waals surface area contributed by atoms with Gasteiger partial charge in [-0.15, -0.1) is 0 Å². The van der Waals surface area contributed by atoms with Crippen molar-refractivity contribution in [2.75, 3.05) is 12.4 Å². The zero-order valence-electron chi connectivity index (χ0n) is 8.75. The molecular weight excluding hydrogens is 289 g/mol. The predicted molar refractivity (Wildman–Crippen MR) is 68.7 cm³/mol. The normalized spacial score (nSPS) is 14.9. The Morgan fingerprint density at radius 1 is 1.36 bits per heavy atom. The Balaban J connectivity index is 2.60. The van der Waals surface area contributed by atoms with E-state index in [0.717, 1.165) is 5.69 Å². The minimum Gasteiger partial charge on any atom is -0.380 e. The van der Waals surface area contributed by atoms with Gasteiger partial charge in [0.05, 0.1) is 6.10 Å². The molecule has 2 unspecified atom stereocenters. The molecule has 0 heterocycles. The van der Waals surface area contributed by atoms with Crippen molar-refractivity contribution in [2.24, 2.45) is 0 Å². The zero-order chi connectivity index (χ0) is 10.6. The highest BCUT2D eigenvalue weighted by molar-refractivity contribution is 14.1. The molecule has 0 saturated heterocycles. The Morgan fingerprint density at radius 2 is 2.07 bits per heavy atom. The van der Waals surface area contributed by atoms with Crippen molar-refractivity contribution in [2.45, 2.75) is 26.0 Å². The predicted octanol–water partition coefficient (Wildman–Crippen LogP) is 3.13. The summed E-state index contributed by atoms with van der Waals surface area (Å²) in [6.45, 7) is 4.18. The second-order valence-electron chi connectivity index (χ2n) is 3.38. The molecule has 0 aliphatic heterocycles. The van der Waals surface area contributed by atoms with Crippen molar-refractivity contribution in [3.63, 3.8) is 0 Å². The number of rotatable bonds is 4. The van der Waals surface area contributed by atoms with Crippen LogP contribution in [-0.2, 0) is 4.74 Å². The average Bonchev–Trinajstić information content (AvgIpc) is 2.16. The van der Waals surface area contributed by atoms with Crippen molar-refractivity contribution < 1.29 is 4.74 Å². The monoisotopic (exact) mass is 305 g/mol. The second-order valence-corrected chi connectivity index (χ2v) is 4.63. The maximum Gasteiger partial charge on any atom is 0.0741 e. The first-order chi connectivity index (χ1) is 6.63. The van der Waals surface area contributed by atoms with Gasteiger partial charge in [0.25, 0.3) is 0 Å². The fourth-order valence-electron chi connectivity index (χ4n) is 1.16. The van der Waals surface area contributed by atoms with E-state index in [2.05, 4.69) is 60.0 Å². The maximum atomic E-state index is 5.25. The maximum absolute atomic E-state index is 5.25. The Hall–Kier alpha value is -0.290. The first-order valence-corrected chi connectivity index (χ1v) is 5.76. The van der Waals surface area contributed by atoms with Crippen LogP contribution < -0.4 is 5.32 Å². The molecule has 1 rings (SSSR count). The summed E-state index contributed by atoms with van der Waals surface area (Å²) in [5, 5.41) is 3.40. The van der Waals surface area contributed by atoms with Crippen LogP contribution in [0.2, 0.25) is 0 Å². The van der Waals surface area contributed by atoms with E-state index >= 15 is 0 Å². The lowest BCUT2D eigenvalue weighted by Crippen LogP contribution is -2.29. The van der Waals surface area contributed by atoms with E-state index in [1.54, 1.807) is 7.11 Å². The van der Waals surface area contributed by atoms with Crippen molar-refractivity contribution in [1.29, 1.82) is 0 Å². The quantitative estimate of drug-likeness (QED) is 0.863. The lowest BCUT2D eigenvalue weighted by molar-refractivity contribution is 0.106. The fourth-order valence-corrected chi connectivity index (χ4v) is 1.71. The molecular formula is C11H16INO. The van der Waals surface area contributed by atoms with Gasteiger partial charge in [0.2, 0.25) is 0 Å². The van der Waals surface area contributed by atoms with Gasteiger partial charge in [-0.2, -0.15) is 0 Å². The summed E-state index contributed by atoms with van der Waals surface area (Å²) in [7, 11) is 1.73. The van der Waals surface area contributed by atoms with Gasteiger partial charge in [-0.25, -0.2) is 0 Å². The Kier molecular flexibility index (Phi) is 4.68. The summed E-state index contributed by atoms with van der Waals surface area (Å²) in [5.74, 6) is 0. The van der Waals surface area contributed by atoms with Crippen LogP contribution in [-0.4, -0.2) is 19.3 Å². The van der Waals surface area contributed by atoms with Crippen molar-refractivity contribution in [3.05, 3.63) is 27.8 Å². The van der Waals surface area contributed by atoms with E-state index in [0.29, 0.717) is 6.04 Å². The number of ether oxygens (including phenoxy) is 1. The number of hydrogen-bond donors (Lipinski definition) is 1. The SMILES string of the molecule is COC(C)C(C)Nc1cccc(I)c1. The Labute approximate surface area is 99.2 Å². The first kappa shape index (κ1) is 11.8. The van der Waals surface area contributed by atoms with Crippen molar-refractivity contribution in [1.82, 2.24) is 0 Å². The van der Waals surface area contributed by atoms with Crippen LogP contribution in [0.5, 0.6) is 0 Å². The number of halogens is 1. The molecule has 0 fully saturated rings. The van der Waals surface area contributed by atoms with Gasteiger partial charge >= 0.3 is 0 Å². The van der Waals surface area contributed by atoms with Gasteiger partial charge in [0.1, 0.15) is 0 Å². The van der Waals surface area contributed by atoms with Crippen LogP contribution in [0.1, 0.15) is 13.8 Å².